The van der Waals surface area contributed by atoms with Crippen LogP contribution in [0, 0.1) is 6.92 Å². The normalized spacial score (nSPS) is 11.1. The van der Waals surface area contributed by atoms with Crippen LogP contribution in [-0.4, -0.2) is 28.1 Å². The number of likely N-dealkylation sites (N-methyl/N-ethyl adjacent to an activating group) is 1. The highest BCUT2D eigenvalue weighted by molar-refractivity contribution is 9.10. The van der Waals surface area contributed by atoms with Gasteiger partial charge in [-0.15, -0.1) is 12.4 Å². The van der Waals surface area contributed by atoms with Crippen molar-refractivity contribution in [2.45, 2.75) is 18.7 Å². The van der Waals surface area contributed by atoms with E-state index in [9.17, 15) is 8.42 Å². The van der Waals surface area contributed by atoms with E-state index in [1.54, 1.807) is 19.1 Å². The first-order chi connectivity index (χ1) is 7.97. The minimum absolute atomic E-state index is 0. The second kappa shape index (κ2) is 8.12. The fraction of sp³-hybridized carbons (Fsp3) is 0.455. The van der Waals surface area contributed by atoms with Crippen LogP contribution >= 0.6 is 28.3 Å². The highest BCUT2D eigenvalue weighted by atomic mass is 79.9. The van der Waals surface area contributed by atoms with Gasteiger partial charge in [0.15, 0.2) is 0 Å². The molecule has 104 valence electrons. The van der Waals surface area contributed by atoms with E-state index in [0.717, 1.165) is 16.6 Å². The van der Waals surface area contributed by atoms with Crippen LogP contribution in [0.25, 0.3) is 0 Å². The summed E-state index contributed by atoms with van der Waals surface area (Å²) in [5.74, 6) is 0. The first-order valence-electron chi connectivity index (χ1n) is 5.44. The van der Waals surface area contributed by atoms with Crippen LogP contribution in [0.4, 0.5) is 0 Å². The van der Waals surface area contributed by atoms with Gasteiger partial charge in [0.2, 0.25) is 10.0 Å². The Morgan fingerprint density at radius 3 is 2.56 bits per heavy atom. The molecule has 0 unspecified atom stereocenters. The Balaban J connectivity index is 0.00000289. The Hall–Kier alpha value is -0.140. The summed E-state index contributed by atoms with van der Waals surface area (Å²) >= 11 is 3.28. The van der Waals surface area contributed by atoms with E-state index >= 15 is 0 Å². The van der Waals surface area contributed by atoms with Crippen molar-refractivity contribution in [3.05, 3.63) is 28.2 Å². The molecule has 0 radical (unpaired) electrons. The summed E-state index contributed by atoms with van der Waals surface area (Å²) in [6.07, 6.45) is 0. The van der Waals surface area contributed by atoms with Gasteiger partial charge in [-0.25, -0.2) is 13.1 Å². The number of nitrogens with one attached hydrogen (secondary N) is 2. The predicted octanol–water partition coefficient (Wildman–Crippen LogP) is 2.07. The van der Waals surface area contributed by atoms with E-state index in [1.807, 2.05) is 13.0 Å². The van der Waals surface area contributed by atoms with Crippen molar-refractivity contribution in [1.29, 1.82) is 0 Å². The van der Waals surface area contributed by atoms with Crippen molar-refractivity contribution in [3.8, 4) is 0 Å². The van der Waals surface area contributed by atoms with E-state index in [1.165, 1.54) is 0 Å². The molecule has 0 aliphatic heterocycles. The summed E-state index contributed by atoms with van der Waals surface area (Å²) in [6, 6.07) is 5.22. The Morgan fingerprint density at radius 1 is 1.28 bits per heavy atom. The molecular weight excluding hydrogens is 340 g/mol. The van der Waals surface area contributed by atoms with Gasteiger partial charge in [-0.2, -0.15) is 0 Å². The van der Waals surface area contributed by atoms with Gasteiger partial charge in [0.1, 0.15) is 0 Å². The van der Waals surface area contributed by atoms with E-state index < -0.39 is 10.0 Å². The predicted molar refractivity (Wildman–Crippen MR) is 79.9 cm³/mol. The van der Waals surface area contributed by atoms with Crippen LogP contribution in [0.1, 0.15) is 12.5 Å². The molecule has 0 amide bonds. The second-order valence-corrected chi connectivity index (χ2v) is 6.31. The fourth-order valence-corrected chi connectivity index (χ4v) is 3.20. The molecule has 0 aliphatic rings. The van der Waals surface area contributed by atoms with Gasteiger partial charge in [-0.3, -0.25) is 0 Å². The summed E-state index contributed by atoms with van der Waals surface area (Å²) < 4.78 is 27.3. The molecule has 0 fully saturated rings. The Morgan fingerprint density at radius 2 is 1.94 bits per heavy atom. The molecule has 18 heavy (non-hydrogen) atoms. The first kappa shape index (κ1) is 17.9. The molecule has 1 aromatic rings. The van der Waals surface area contributed by atoms with E-state index in [4.69, 9.17) is 0 Å². The van der Waals surface area contributed by atoms with Gasteiger partial charge in [0, 0.05) is 17.6 Å². The molecule has 4 nitrogen and oxygen atoms in total. The summed E-state index contributed by atoms with van der Waals surface area (Å²) in [5.41, 5.74) is 0.740. The average molecular weight is 358 g/mol. The lowest BCUT2D eigenvalue weighted by atomic mass is 10.2. The van der Waals surface area contributed by atoms with E-state index in [0.29, 0.717) is 18.0 Å². The molecule has 0 saturated heterocycles. The van der Waals surface area contributed by atoms with Crippen molar-refractivity contribution < 1.29 is 8.42 Å². The van der Waals surface area contributed by atoms with Crippen LogP contribution in [0.3, 0.4) is 0 Å². The van der Waals surface area contributed by atoms with E-state index in [2.05, 4.69) is 26.0 Å². The van der Waals surface area contributed by atoms with Crippen molar-refractivity contribution >= 4 is 38.4 Å². The number of hydrogen-bond donors (Lipinski definition) is 2. The molecule has 0 bridgehead atoms. The first-order valence-corrected chi connectivity index (χ1v) is 7.71. The third-order valence-corrected chi connectivity index (χ3v) is 4.38. The zero-order valence-corrected chi connectivity index (χ0v) is 13.6. The van der Waals surface area contributed by atoms with Crippen LogP contribution < -0.4 is 10.0 Å². The molecule has 1 aromatic carbocycles. The lowest BCUT2D eigenvalue weighted by molar-refractivity contribution is 0.576. The van der Waals surface area contributed by atoms with Crippen molar-refractivity contribution in [1.82, 2.24) is 10.0 Å². The van der Waals surface area contributed by atoms with Gasteiger partial charge in [-0.05, 0) is 31.2 Å². The fourth-order valence-electron chi connectivity index (χ4n) is 1.39. The topological polar surface area (TPSA) is 58.2 Å². The van der Waals surface area contributed by atoms with Crippen LogP contribution in [-0.2, 0) is 10.0 Å². The van der Waals surface area contributed by atoms with Crippen molar-refractivity contribution in [3.63, 3.8) is 0 Å². The molecule has 0 aromatic heterocycles. The number of aryl methyl sites for hydroxylation is 1. The summed E-state index contributed by atoms with van der Waals surface area (Å²) in [5, 5.41) is 3.06. The van der Waals surface area contributed by atoms with Crippen molar-refractivity contribution in [2.75, 3.05) is 19.6 Å². The molecule has 0 aliphatic carbocycles. The maximum atomic E-state index is 12.0. The van der Waals surface area contributed by atoms with Crippen LogP contribution in [0.5, 0.6) is 0 Å². The third kappa shape index (κ3) is 5.24. The van der Waals surface area contributed by atoms with Crippen LogP contribution in [0.15, 0.2) is 27.6 Å². The number of hydrogen-bond acceptors (Lipinski definition) is 3. The van der Waals surface area contributed by atoms with Gasteiger partial charge >= 0.3 is 0 Å². The minimum Gasteiger partial charge on any atom is -0.316 e. The molecule has 1 rings (SSSR count). The molecule has 0 heterocycles. The van der Waals surface area contributed by atoms with Gasteiger partial charge < -0.3 is 5.32 Å². The minimum atomic E-state index is -3.41. The van der Waals surface area contributed by atoms with Gasteiger partial charge in [0.25, 0.3) is 0 Å². The Labute approximate surface area is 123 Å². The summed E-state index contributed by atoms with van der Waals surface area (Å²) in [4.78, 5) is 0.323. The standard InChI is InChI=1S/C11H17BrN2O2S.ClH/c1-3-13-6-7-14-17(15,16)11-8-10(12)5-4-9(11)2;/h4-5,8,13-14H,3,6-7H2,1-2H3;1H. The number of benzene rings is 1. The zero-order chi connectivity index (χ0) is 12.9. The Bertz CT molecular complexity index is 480. The quantitative estimate of drug-likeness (QED) is 0.766. The maximum absolute atomic E-state index is 12.0. The maximum Gasteiger partial charge on any atom is 0.240 e. The number of rotatable bonds is 6. The van der Waals surface area contributed by atoms with Gasteiger partial charge in [0.05, 0.1) is 4.90 Å². The highest BCUT2D eigenvalue weighted by Crippen LogP contribution is 2.20. The van der Waals surface area contributed by atoms with Gasteiger partial charge in [-0.1, -0.05) is 28.9 Å². The molecule has 0 atom stereocenters. The highest BCUT2D eigenvalue weighted by Gasteiger charge is 2.16. The zero-order valence-electron chi connectivity index (χ0n) is 10.4. The second-order valence-electron chi connectivity index (χ2n) is 3.66. The molecule has 0 saturated carbocycles. The monoisotopic (exact) mass is 356 g/mol. The largest absolute Gasteiger partial charge is 0.316 e. The number of halogens is 2. The van der Waals surface area contributed by atoms with Crippen molar-refractivity contribution in [2.24, 2.45) is 0 Å². The summed E-state index contributed by atoms with van der Waals surface area (Å²) in [7, 11) is -3.41. The third-order valence-electron chi connectivity index (χ3n) is 2.28. The smallest absolute Gasteiger partial charge is 0.240 e. The molecule has 0 spiro atoms. The summed E-state index contributed by atoms with van der Waals surface area (Å²) in [6.45, 7) is 5.61. The molecule has 2 N–H and O–H groups in total. The van der Waals surface area contributed by atoms with E-state index in [-0.39, 0.29) is 12.4 Å². The lowest BCUT2D eigenvalue weighted by Gasteiger charge is -2.09. The lowest BCUT2D eigenvalue weighted by Crippen LogP contribution is -2.32. The molecule has 7 heteroatoms. The van der Waals surface area contributed by atoms with Crippen LogP contribution in [0.2, 0.25) is 0 Å². The number of sulfonamides is 1. The average Bonchev–Trinajstić information content (AvgIpc) is 2.28. The SMILES string of the molecule is CCNCCNS(=O)(=O)c1cc(Br)ccc1C.Cl. The molecular formula is C11H18BrClN2O2S. The Kier molecular flexibility index (Phi) is 8.05.